The summed E-state index contributed by atoms with van der Waals surface area (Å²) in [7, 11) is 0. The van der Waals surface area contributed by atoms with Gasteiger partial charge in [0.1, 0.15) is 12.6 Å². The van der Waals surface area contributed by atoms with Gasteiger partial charge in [-0.15, -0.1) is 0 Å². The molecule has 94 valence electrons. The third-order valence-electron chi connectivity index (χ3n) is 3.77. The Bertz CT molecular complexity index is 348. The van der Waals surface area contributed by atoms with E-state index in [1.54, 1.807) is 0 Å². The summed E-state index contributed by atoms with van der Waals surface area (Å²) < 4.78 is 4.92. The quantitative estimate of drug-likeness (QED) is 0.760. The average Bonchev–Trinajstić information content (AvgIpc) is 2.66. The Labute approximate surface area is 100 Å². The minimum absolute atomic E-state index is 0.0380. The molecule has 2 rings (SSSR count). The lowest BCUT2D eigenvalue weighted by atomic mass is 9.67. The first-order valence-electron chi connectivity index (χ1n) is 5.85. The predicted octanol–water partition coefficient (Wildman–Crippen LogP) is 1.64. The third-order valence-corrected chi connectivity index (χ3v) is 3.77. The second-order valence-corrected chi connectivity index (χ2v) is 4.91. The van der Waals surface area contributed by atoms with E-state index in [-0.39, 0.29) is 12.0 Å². The standard InChI is InChI=1S/C12H17NO4/c1-2-6-17-11(16)13-8-12(4-3-5-12)7-9(13)10(14)15/h2,9H,1,3-8H2,(H,14,15). The molecule has 5 heteroatoms. The normalized spacial score (nSPS) is 25.4. The molecule has 0 radical (unpaired) electrons. The van der Waals surface area contributed by atoms with Crippen LogP contribution in [-0.4, -0.2) is 41.3 Å². The fourth-order valence-electron chi connectivity index (χ4n) is 2.72. The topological polar surface area (TPSA) is 66.8 Å². The molecule has 1 saturated heterocycles. The van der Waals surface area contributed by atoms with E-state index in [0.29, 0.717) is 13.0 Å². The fourth-order valence-corrected chi connectivity index (χ4v) is 2.72. The van der Waals surface area contributed by atoms with Gasteiger partial charge >= 0.3 is 12.1 Å². The number of carbonyl (C=O) groups excluding carboxylic acids is 1. The highest BCUT2D eigenvalue weighted by atomic mass is 16.6. The van der Waals surface area contributed by atoms with Gasteiger partial charge in [0.15, 0.2) is 0 Å². The SMILES string of the molecule is C=CCOC(=O)N1CC2(CCC2)CC1C(=O)O. The van der Waals surface area contributed by atoms with Crippen molar-refractivity contribution < 1.29 is 19.4 Å². The molecule has 1 N–H and O–H groups in total. The second kappa shape index (κ2) is 4.39. The van der Waals surface area contributed by atoms with E-state index in [9.17, 15) is 9.59 Å². The molecule has 17 heavy (non-hydrogen) atoms. The van der Waals surface area contributed by atoms with E-state index in [0.717, 1.165) is 19.3 Å². The zero-order chi connectivity index (χ0) is 12.5. The molecular weight excluding hydrogens is 222 g/mol. The van der Waals surface area contributed by atoms with Crippen LogP contribution in [0, 0.1) is 5.41 Å². The van der Waals surface area contributed by atoms with E-state index in [1.165, 1.54) is 11.0 Å². The zero-order valence-corrected chi connectivity index (χ0v) is 9.72. The van der Waals surface area contributed by atoms with Crippen LogP contribution in [0.5, 0.6) is 0 Å². The van der Waals surface area contributed by atoms with Gasteiger partial charge in [0.25, 0.3) is 0 Å². The van der Waals surface area contributed by atoms with Gasteiger partial charge < -0.3 is 9.84 Å². The first kappa shape index (κ1) is 12.0. The third kappa shape index (κ3) is 2.14. The number of hydrogen-bond acceptors (Lipinski definition) is 3. The highest BCUT2D eigenvalue weighted by Gasteiger charge is 2.52. The molecule has 1 unspecified atom stereocenters. The molecular formula is C12H17NO4. The molecule has 0 aromatic heterocycles. The van der Waals surface area contributed by atoms with Crippen molar-refractivity contribution in [1.29, 1.82) is 0 Å². The number of rotatable bonds is 3. The van der Waals surface area contributed by atoms with Crippen molar-refractivity contribution in [2.24, 2.45) is 5.41 Å². The average molecular weight is 239 g/mol. The molecule has 1 heterocycles. The molecule has 2 fully saturated rings. The Morgan fingerprint density at radius 1 is 1.53 bits per heavy atom. The predicted molar refractivity (Wildman–Crippen MR) is 60.6 cm³/mol. The van der Waals surface area contributed by atoms with Crippen molar-refractivity contribution in [1.82, 2.24) is 4.90 Å². The van der Waals surface area contributed by atoms with Crippen molar-refractivity contribution in [3.63, 3.8) is 0 Å². The zero-order valence-electron chi connectivity index (χ0n) is 9.72. The summed E-state index contributed by atoms with van der Waals surface area (Å²) in [5.74, 6) is -0.940. The summed E-state index contributed by atoms with van der Waals surface area (Å²) >= 11 is 0. The Hall–Kier alpha value is -1.52. The van der Waals surface area contributed by atoms with Crippen LogP contribution in [0.15, 0.2) is 12.7 Å². The van der Waals surface area contributed by atoms with Crippen molar-refractivity contribution >= 4 is 12.1 Å². The van der Waals surface area contributed by atoms with Gasteiger partial charge in [0.2, 0.25) is 0 Å². The molecule has 2 aliphatic rings. The lowest BCUT2D eigenvalue weighted by molar-refractivity contribution is -0.141. The molecule has 0 aromatic carbocycles. The van der Waals surface area contributed by atoms with E-state index in [2.05, 4.69) is 6.58 Å². The van der Waals surface area contributed by atoms with Crippen LogP contribution in [0.4, 0.5) is 4.79 Å². The van der Waals surface area contributed by atoms with Gasteiger partial charge in [-0.2, -0.15) is 0 Å². The van der Waals surface area contributed by atoms with Crippen LogP contribution in [-0.2, 0) is 9.53 Å². The van der Waals surface area contributed by atoms with Crippen molar-refractivity contribution in [2.75, 3.05) is 13.2 Å². The van der Waals surface area contributed by atoms with Gasteiger partial charge in [0.05, 0.1) is 0 Å². The van der Waals surface area contributed by atoms with Crippen LogP contribution in [0.3, 0.4) is 0 Å². The fraction of sp³-hybridized carbons (Fsp3) is 0.667. The number of carbonyl (C=O) groups is 2. The van der Waals surface area contributed by atoms with Crippen LogP contribution in [0.2, 0.25) is 0 Å². The summed E-state index contributed by atoms with van der Waals surface area (Å²) in [4.78, 5) is 24.2. The van der Waals surface area contributed by atoms with Crippen molar-refractivity contribution in [3.05, 3.63) is 12.7 Å². The molecule has 1 aliphatic carbocycles. The van der Waals surface area contributed by atoms with Gasteiger partial charge in [-0.25, -0.2) is 9.59 Å². The Kier molecular flexibility index (Phi) is 3.09. The maximum absolute atomic E-state index is 11.7. The molecule has 1 spiro atoms. The maximum Gasteiger partial charge on any atom is 0.410 e. The first-order valence-corrected chi connectivity index (χ1v) is 5.85. The summed E-state index contributed by atoms with van der Waals surface area (Å²) in [5.41, 5.74) is 0.0380. The number of carboxylic acids is 1. The number of amides is 1. The van der Waals surface area contributed by atoms with Crippen LogP contribution < -0.4 is 0 Å². The summed E-state index contributed by atoms with van der Waals surface area (Å²) in [6.07, 6.45) is 4.65. The minimum atomic E-state index is -0.940. The van der Waals surface area contributed by atoms with Crippen LogP contribution >= 0.6 is 0 Å². The Morgan fingerprint density at radius 2 is 2.24 bits per heavy atom. The molecule has 1 aliphatic heterocycles. The molecule has 1 saturated carbocycles. The molecule has 5 nitrogen and oxygen atoms in total. The van der Waals surface area contributed by atoms with E-state index >= 15 is 0 Å². The number of nitrogens with zero attached hydrogens (tertiary/aromatic N) is 1. The molecule has 0 aromatic rings. The Balaban J connectivity index is 2.05. The van der Waals surface area contributed by atoms with Crippen molar-refractivity contribution in [3.8, 4) is 0 Å². The number of hydrogen-bond donors (Lipinski definition) is 1. The van der Waals surface area contributed by atoms with Crippen molar-refractivity contribution in [2.45, 2.75) is 31.7 Å². The highest BCUT2D eigenvalue weighted by Crippen LogP contribution is 2.50. The molecule has 1 amide bonds. The number of ether oxygens (including phenoxy) is 1. The highest BCUT2D eigenvalue weighted by molar-refractivity contribution is 5.81. The lowest BCUT2D eigenvalue weighted by Gasteiger charge is -2.37. The first-order chi connectivity index (χ1) is 8.08. The van der Waals surface area contributed by atoms with Crippen LogP contribution in [0.25, 0.3) is 0 Å². The minimum Gasteiger partial charge on any atom is -0.480 e. The Morgan fingerprint density at radius 3 is 2.71 bits per heavy atom. The maximum atomic E-state index is 11.7. The lowest BCUT2D eigenvalue weighted by Crippen LogP contribution is -2.41. The van der Waals surface area contributed by atoms with Crippen LogP contribution in [0.1, 0.15) is 25.7 Å². The van der Waals surface area contributed by atoms with Gasteiger partial charge in [-0.3, -0.25) is 4.90 Å². The van der Waals surface area contributed by atoms with Gasteiger partial charge in [0, 0.05) is 6.54 Å². The van der Waals surface area contributed by atoms with E-state index < -0.39 is 18.1 Å². The van der Waals surface area contributed by atoms with Gasteiger partial charge in [-0.05, 0) is 24.7 Å². The number of likely N-dealkylation sites (tertiary alicyclic amines) is 1. The second-order valence-electron chi connectivity index (χ2n) is 4.91. The van der Waals surface area contributed by atoms with Gasteiger partial charge in [-0.1, -0.05) is 19.1 Å². The molecule has 0 bridgehead atoms. The van der Waals surface area contributed by atoms with E-state index in [4.69, 9.17) is 9.84 Å². The summed E-state index contributed by atoms with van der Waals surface area (Å²) in [6, 6.07) is -0.729. The van der Waals surface area contributed by atoms with E-state index in [1.807, 2.05) is 0 Å². The molecule has 1 atom stereocenters. The monoisotopic (exact) mass is 239 g/mol. The number of carboxylic acid groups (broad SMARTS) is 1. The largest absolute Gasteiger partial charge is 0.480 e. The smallest absolute Gasteiger partial charge is 0.410 e. The summed E-state index contributed by atoms with van der Waals surface area (Å²) in [6.45, 7) is 4.09. The number of aliphatic carboxylic acids is 1. The summed E-state index contributed by atoms with van der Waals surface area (Å²) in [5, 5.41) is 9.14.